The minimum Gasteiger partial charge on any atom is -0.320 e. The first-order valence-corrected chi connectivity index (χ1v) is 10.1. The van der Waals surface area contributed by atoms with Gasteiger partial charge < -0.3 is 5.73 Å². The number of rotatable bonds is 5. The Morgan fingerprint density at radius 1 is 1.22 bits per heavy atom. The lowest BCUT2D eigenvalue weighted by Gasteiger charge is -2.29. The summed E-state index contributed by atoms with van der Waals surface area (Å²) in [5, 5.41) is 5.62. The first-order chi connectivity index (χ1) is 12.8. The molecule has 0 spiro atoms. The summed E-state index contributed by atoms with van der Waals surface area (Å²) in [6.45, 7) is 8.33. The van der Waals surface area contributed by atoms with Crippen LogP contribution < -0.4 is 5.73 Å². The Kier molecular flexibility index (Phi) is 4.52. The summed E-state index contributed by atoms with van der Waals surface area (Å²) in [5.41, 5.74) is 13.8. The maximum Gasteiger partial charge on any atom is 0.163 e. The van der Waals surface area contributed by atoms with E-state index in [1.807, 2.05) is 30.5 Å². The van der Waals surface area contributed by atoms with Crippen molar-refractivity contribution in [2.45, 2.75) is 58.9 Å². The molecule has 2 aromatic heterocycles. The summed E-state index contributed by atoms with van der Waals surface area (Å²) >= 11 is 6.17. The van der Waals surface area contributed by atoms with Gasteiger partial charge in [0, 0.05) is 16.3 Å². The zero-order valence-corrected chi connectivity index (χ0v) is 17.3. The number of nitrogens with zero attached hydrogens (tertiary/aromatic N) is 3. The van der Waals surface area contributed by atoms with Crippen molar-refractivity contribution >= 4 is 17.2 Å². The molecular weight excluding hydrogens is 356 g/mol. The Hall–Kier alpha value is -1.91. The fourth-order valence-corrected chi connectivity index (χ4v) is 4.32. The van der Waals surface area contributed by atoms with E-state index in [1.54, 1.807) is 0 Å². The van der Waals surface area contributed by atoms with E-state index in [1.165, 1.54) is 12.8 Å². The number of aryl methyl sites for hydroxylation is 3. The van der Waals surface area contributed by atoms with E-state index in [4.69, 9.17) is 27.4 Å². The Morgan fingerprint density at radius 3 is 2.59 bits per heavy atom. The molecule has 0 amide bonds. The van der Waals surface area contributed by atoms with Crippen LogP contribution in [0.25, 0.3) is 16.8 Å². The molecule has 1 saturated carbocycles. The molecule has 0 bridgehead atoms. The van der Waals surface area contributed by atoms with Crippen LogP contribution in [-0.2, 0) is 5.54 Å². The molecular formula is C22H27ClN4. The molecule has 1 unspecified atom stereocenters. The number of hydrogen-bond acceptors (Lipinski definition) is 3. The molecule has 3 aromatic rings. The summed E-state index contributed by atoms with van der Waals surface area (Å²) in [5.74, 6) is 0.744. The minimum atomic E-state index is -0.377. The Morgan fingerprint density at radius 2 is 1.96 bits per heavy atom. The highest BCUT2D eigenvalue weighted by atomic mass is 35.5. The van der Waals surface area contributed by atoms with Gasteiger partial charge in [-0.3, -0.25) is 0 Å². The SMILES string of the molecule is CCC(N)(CC1CC1)c1cc(C)nc2c(-c3ccc(Cl)cc3C)c(C)nn12. The van der Waals surface area contributed by atoms with E-state index in [0.29, 0.717) is 0 Å². The maximum atomic E-state index is 6.94. The fourth-order valence-electron chi connectivity index (χ4n) is 4.09. The molecule has 2 heterocycles. The monoisotopic (exact) mass is 382 g/mol. The normalized spacial score (nSPS) is 16.7. The molecule has 1 aliphatic rings. The molecule has 1 aliphatic carbocycles. The smallest absolute Gasteiger partial charge is 0.163 e. The van der Waals surface area contributed by atoms with Gasteiger partial charge >= 0.3 is 0 Å². The predicted octanol–water partition coefficient (Wildman–Crippen LogP) is 5.34. The molecule has 4 rings (SSSR count). The lowest BCUT2D eigenvalue weighted by atomic mass is 9.86. The molecule has 1 atom stereocenters. The molecule has 4 nitrogen and oxygen atoms in total. The average molecular weight is 383 g/mol. The number of hydrogen-bond donors (Lipinski definition) is 1. The van der Waals surface area contributed by atoms with Gasteiger partial charge in [0.2, 0.25) is 0 Å². The van der Waals surface area contributed by atoms with Gasteiger partial charge in [-0.15, -0.1) is 0 Å². The first kappa shape index (κ1) is 18.5. The molecule has 0 aliphatic heterocycles. The van der Waals surface area contributed by atoms with Crippen molar-refractivity contribution in [1.82, 2.24) is 14.6 Å². The molecule has 5 heteroatoms. The van der Waals surface area contributed by atoms with Crippen LogP contribution >= 0.6 is 11.6 Å². The summed E-state index contributed by atoms with van der Waals surface area (Å²) in [6, 6.07) is 8.09. The van der Waals surface area contributed by atoms with Crippen LogP contribution in [0.4, 0.5) is 0 Å². The van der Waals surface area contributed by atoms with E-state index in [2.05, 4.69) is 26.0 Å². The lowest BCUT2D eigenvalue weighted by molar-refractivity contribution is 0.353. The van der Waals surface area contributed by atoms with Crippen molar-refractivity contribution in [2.24, 2.45) is 11.7 Å². The zero-order chi connectivity index (χ0) is 19.3. The molecule has 0 saturated heterocycles. The zero-order valence-electron chi connectivity index (χ0n) is 16.5. The average Bonchev–Trinajstić information content (AvgIpc) is 3.36. The minimum absolute atomic E-state index is 0.377. The standard InChI is InChI=1S/C22H27ClN4/c1-5-22(24,12-16-6-7-16)19-11-14(3)25-21-20(15(4)26-27(19)21)18-9-8-17(23)10-13(18)2/h8-11,16H,5-7,12,24H2,1-4H3. The van der Waals surface area contributed by atoms with Crippen molar-refractivity contribution in [3.05, 3.63) is 51.9 Å². The number of nitrogens with two attached hydrogens (primary N) is 1. The Bertz CT molecular complexity index is 1020. The van der Waals surface area contributed by atoms with Gasteiger partial charge in [0.25, 0.3) is 0 Å². The van der Waals surface area contributed by atoms with Gasteiger partial charge in [-0.2, -0.15) is 5.10 Å². The number of halogens is 1. The highest BCUT2D eigenvalue weighted by Crippen LogP contribution is 2.42. The van der Waals surface area contributed by atoms with Crippen molar-refractivity contribution in [1.29, 1.82) is 0 Å². The summed E-state index contributed by atoms with van der Waals surface area (Å²) < 4.78 is 1.98. The van der Waals surface area contributed by atoms with Crippen molar-refractivity contribution in [3.63, 3.8) is 0 Å². The van der Waals surface area contributed by atoms with Crippen LogP contribution in [-0.4, -0.2) is 14.6 Å². The molecule has 1 fully saturated rings. The number of fused-ring (bicyclic) bond motifs is 1. The maximum absolute atomic E-state index is 6.94. The number of aromatic nitrogens is 3. The molecule has 2 N–H and O–H groups in total. The summed E-state index contributed by atoms with van der Waals surface area (Å²) in [4.78, 5) is 4.85. The Labute approximate surface area is 165 Å². The van der Waals surface area contributed by atoms with Crippen LogP contribution in [0.2, 0.25) is 5.02 Å². The van der Waals surface area contributed by atoms with Crippen LogP contribution in [0.15, 0.2) is 24.3 Å². The lowest BCUT2D eigenvalue weighted by Crippen LogP contribution is -2.39. The highest BCUT2D eigenvalue weighted by molar-refractivity contribution is 6.30. The fraction of sp³-hybridized carbons (Fsp3) is 0.455. The van der Waals surface area contributed by atoms with Crippen LogP contribution in [0.1, 0.15) is 55.3 Å². The van der Waals surface area contributed by atoms with Gasteiger partial charge in [-0.05, 0) is 68.9 Å². The van der Waals surface area contributed by atoms with E-state index in [-0.39, 0.29) is 5.54 Å². The largest absolute Gasteiger partial charge is 0.320 e. The summed E-state index contributed by atoms with van der Waals surface area (Å²) in [6.07, 6.45) is 4.48. The van der Waals surface area contributed by atoms with Crippen molar-refractivity contribution < 1.29 is 0 Å². The van der Waals surface area contributed by atoms with Crippen molar-refractivity contribution in [2.75, 3.05) is 0 Å². The summed E-state index contributed by atoms with van der Waals surface area (Å²) in [7, 11) is 0. The third-order valence-electron chi connectivity index (χ3n) is 5.84. The van der Waals surface area contributed by atoms with E-state index in [0.717, 1.165) is 63.2 Å². The molecule has 1 aromatic carbocycles. The van der Waals surface area contributed by atoms with Gasteiger partial charge in [-0.25, -0.2) is 9.50 Å². The van der Waals surface area contributed by atoms with E-state index in [9.17, 15) is 0 Å². The third-order valence-corrected chi connectivity index (χ3v) is 6.08. The van der Waals surface area contributed by atoms with Crippen LogP contribution in [0.3, 0.4) is 0 Å². The molecule has 142 valence electrons. The molecule has 0 radical (unpaired) electrons. The third kappa shape index (κ3) is 3.26. The van der Waals surface area contributed by atoms with E-state index < -0.39 is 0 Å². The van der Waals surface area contributed by atoms with Gasteiger partial charge in [0.05, 0.1) is 16.9 Å². The molecule has 27 heavy (non-hydrogen) atoms. The van der Waals surface area contributed by atoms with Crippen LogP contribution in [0, 0.1) is 26.7 Å². The van der Waals surface area contributed by atoms with Crippen molar-refractivity contribution in [3.8, 4) is 11.1 Å². The van der Waals surface area contributed by atoms with Gasteiger partial charge in [0.1, 0.15) is 0 Å². The van der Waals surface area contributed by atoms with Gasteiger partial charge in [0.15, 0.2) is 5.65 Å². The quantitative estimate of drug-likeness (QED) is 0.648. The topological polar surface area (TPSA) is 56.2 Å². The number of benzene rings is 1. The highest BCUT2D eigenvalue weighted by Gasteiger charge is 2.36. The second-order valence-corrected chi connectivity index (χ2v) is 8.53. The van der Waals surface area contributed by atoms with E-state index >= 15 is 0 Å². The predicted molar refractivity (Wildman–Crippen MR) is 111 cm³/mol. The first-order valence-electron chi connectivity index (χ1n) is 9.75. The van der Waals surface area contributed by atoms with Crippen LogP contribution in [0.5, 0.6) is 0 Å². The van der Waals surface area contributed by atoms with Gasteiger partial charge in [-0.1, -0.05) is 37.4 Å². The second kappa shape index (κ2) is 6.61. The second-order valence-electron chi connectivity index (χ2n) is 8.10. The Balaban J connectivity index is 1.96.